The predicted molar refractivity (Wildman–Crippen MR) is 59.1 cm³/mol. The fraction of sp³-hybridized carbons (Fsp3) is 0.692. The molecule has 2 rings (SSSR count). The zero-order valence-corrected chi connectivity index (χ0v) is 9.04. The molecule has 0 saturated heterocycles. The second kappa shape index (κ2) is 4.31. The number of hydrogen-bond donors (Lipinski definition) is 0. The number of allylic oxidation sites excluding steroid dienone is 2. The van der Waals surface area contributed by atoms with Crippen molar-refractivity contribution in [2.45, 2.75) is 25.7 Å². The van der Waals surface area contributed by atoms with Crippen LogP contribution >= 0.6 is 0 Å². The van der Waals surface area contributed by atoms with E-state index in [4.69, 9.17) is 4.74 Å². The van der Waals surface area contributed by atoms with Crippen LogP contribution in [0.15, 0.2) is 24.3 Å². The first-order valence-corrected chi connectivity index (χ1v) is 5.64. The molecule has 0 amide bonds. The van der Waals surface area contributed by atoms with Crippen LogP contribution in [-0.2, 0) is 4.74 Å². The summed E-state index contributed by atoms with van der Waals surface area (Å²) in [7, 11) is 1.76. The SMILES string of the molecule is C=C(COC)[C@@H]1CC2C=CCCC2C1. The van der Waals surface area contributed by atoms with Gasteiger partial charge in [-0.2, -0.15) is 0 Å². The molecule has 0 aromatic carbocycles. The smallest absolute Gasteiger partial charge is 0.0673 e. The molecule has 78 valence electrons. The van der Waals surface area contributed by atoms with Crippen molar-refractivity contribution in [3.63, 3.8) is 0 Å². The maximum atomic E-state index is 5.15. The van der Waals surface area contributed by atoms with Gasteiger partial charge >= 0.3 is 0 Å². The third kappa shape index (κ3) is 1.93. The zero-order valence-electron chi connectivity index (χ0n) is 9.04. The molecule has 2 aliphatic rings. The molecule has 1 saturated carbocycles. The van der Waals surface area contributed by atoms with E-state index in [2.05, 4.69) is 18.7 Å². The Morgan fingerprint density at radius 2 is 2.36 bits per heavy atom. The number of fused-ring (bicyclic) bond motifs is 1. The predicted octanol–water partition coefficient (Wildman–Crippen LogP) is 3.18. The summed E-state index contributed by atoms with van der Waals surface area (Å²) in [6, 6.07) is 0. The van der Waals surface area contributed by atoms with Crippen molar-refractivity contribution in [2.75, 3.05) is 13.7 Å². The van der Waals surface area contributed by atoms with Gasteiger partial charge in [0.25, 0.3) is 0 Å². The van der Waals surface area contributed by atoms with Gasteiger partial charge in [0.15, 0.2) is 0 Å². The van der Waals surface area contributed by atoms with E-state index in [0.29, 0.717) is 5.92 Å². The standard InChI is InChI=1S/C13H20O/c1-10(9-14-2)13-7-11-5-3-4-6-12(11)8-13/h3,5,11-13H,1,4,6-9H2,2H3/t11?,12?,13-/m1/s1. The Kier molecular flexibility index (Phi) is 3.07. The average molecular weight is 192 g/mol. The summed E-state index contributed by atoms with van der Waals surface area (Å²) in [6.07, 6.45) is 10.1. The van der Waals surface area contributed by atoms with Crippen molar-refractivity contribution in [3.8, 4) is 0 Å². The van der Waals surface area contributed by atoms with Crippen LogP contribution in [0.4, 0.5) is 0 Å². The van der Waals surface area contributed by atoms with Gasteiger partial charge < -0.3 is 4.74 Å². The quantitative estimate of drug-likeness (QED) is 0.624. The maximum absolute atomic E-state index is 5.15. The molecular formula is C13H20O. The second-order valence-corrected chi connectivity index (χ2v) is 4.69. The van der Waals surface area contributed by atoms with Gasteiger partial charge in [0, 0.05) is 7.11 Å². The maximum Gasteiger partial charge on any atom is 0.0673 e. The Morgan fingerprint density at radius 1 is 1.50 bits per heavy atom. The van der Waals surface area contributed by atoms with Gasteiger partial charge in [-0.25, -0.2) is 0 Å². The van der Waals surface area contributed by atoms with Gasteiger partial charge in [-0.05, 0) is 49.0 Å². The third-order valence-electron chi connectivity index (χ3n) is 3.74. The monoisotopic (exact) mass is 192 g/mol. The topological polar surface area (TPSA) is 9.23 Å². The molecule has 2 aliphatic carbocycles. The molecule has 0 aromatic heterocycles. The van der Waals surface area contributed by atoms with Crippen LogP contribution in [0.2, 0.25) is 0 Å². The molecule has 0 aliphatic heterocycles. The van der Waals surface area contributed by atoms with E-state index in [0.717, 1.165) is 18.4 Å². The molecule has 1 heteroatoms. The normalized spacial score (nSPS) is 35.6. The van der Waals surface area contributed by atoms with Gasteiger partial charge in [0.1, 0.15) is 0 Å². The van der Waals surface area contributed by atoms with E-state index < -0.39 is 0 Å². The van der Waals surface area contributed by atoms with Gasteiger partial charge in [-0.15, -0.1) is 0 Å². The Hall–Kier alpha value is -0.560. The van der Waals surface area contributed by atoms with Crippen LogP contribution in [0.25, 0.3) is 0 Å². The molecule has 0 spiro atoms. The lowest BCUT2D eigenvalue weighted by Gasteiger charge is -2.18. The summed E-state index contributed by atoms with van der Waals surface area (Å²) in [4.78, 5) is 0. The van der Waals surface area contributed by atoms with Gasteiger partial charge in [-0.1, -0.05) is 18.7 Å². The van der Waals surface area contributed by atoms with Crippen molar-refractivity contribution < 1.29 is 4.74 Å². The Bertz CT molecular complexity index is 242. The highest BCUT2D eigenvalue weighted by Gasteiger charge is 2.34. The van der Waals surface area contributed by atoms with Crippen LogP contribution in [-0.4, -0.2) is 13.7 Å². The van der Waals surface area contributed by atoms with Crippen molar-refractivity contribution in [2.24, 2.45) is 17.8 Å². The summed E-state index contributed by atoms with van der Waals surface area (Å²) in [5, 5.41) is 0. The lowest BCUT2D eigenvalue weighted by molar-refractivity contribution is 0.216. The minimum absolute atomic E-state index is 0.715. The minimum atomic E-state index is 0.715. The van der Waals surface area contributed by atoms with E-state index >= 15 is 0 Å². The third-order valence-corrected chi connectivity index (χ3v) is 3.74. The molecule has 0 heterocycles. The van der Waals surface area contributed by atoms with E-state index in [-0.39, 0.29) is 0 Å². The fourth-order valence-electron chi connectivity index (χ4n) is 2.94. The van der Waals surface area contributed by atoms with E-state index in [1.165, 1.54) is 31.3 Å². The molecule has 0 N–H and O–H groups in total. The second-order valence-electron chi connectivity index (χ2n) is 4.69. The fourth-order valence-corrected chi connectivity index (χ4v) is 2.94. The highest BCUT2D eigenvalue weighted by atomic mass is 16.5. The van der Waals surface area contributed by atoms with Crippen LogP contribution in [0.3, 0.4) is 0 Å². The van der Waals surface area contributed by atoms with Crippen molar-refractivity contribution in [1.82, 2.24) is 0 Å². The first-order valence-electron chi connectivity index (χ1n) is 5.64. The highest BCUT2D eigenvalue weighted by molar-refractivity contribution is 5.10. The summed E-state index contributed by atoms with van der Waals surface area (Å²) < 4.78 is 5.15. The number of rotatable bonds is 3. The van der Waals surface area contributed by atoms with Crippen LogP contribution in [0, 0.1) is 17.8 Å². The summed E-state index contributed by atoms with van der Waals surface area (Å²) in [5.41, 5.74) is 1.30. The molecule has 1 nitrogen and oxygen atoms in total. The van der Waals surface area contributed by atoms with Crippen molar-refractivity contribution in [3.05, 3.63) is 24.3 Å². The van der Waals surface area contributed by atoms with E-state index in [1.807, 2.05) is 0 Å². The van der Waals surface area contributed by atoms with Crippen molar-refractivity contribution in [1.29, 1.82) is 0 Å². The summed E-state index contributed by atoms with van der Waals surface area (Å²) >= 11 is 0. The van der Waals surface area contributed by atoms with E-state index in [9.17, 15) is 0 Å². The Morgan fingerprint density at radius 3 is 3.07 bits per heavy atom. The lowest BCUT2D eigenvalue weighted by atomic mass is 9.87. The molecule has 0 aromatic rings. The van der Waals surface area contributed by atoms with Crippen LogP contribution in [0.1, 0.15) is 25.7 Å². The molecule has 0 bridgehead atoms. The average Bonchev–Trinajstić information content (AvgIpc) is 2.61. The molecule has 0 radical (unpaired) electrons. The van der Waals surface area contributed by atoms with E-state index in [1.54, 1.807) is 7.11 Å². The first kappa shape index (κ1) is 9.97. The molecule has 2 unspecified atom stereocenters. The number of hydrogen-bond acceptors (Lipinski definition) is 1. The van der Waals surface area contributed by atoms with Crippen LogP contribution in [0.5, 0.6) is 0 Å². The summed E-state index contributed by atoms with van der Waals surface area (Å²) in [5.74, 6) is 2.48. The largest absolute Gasteiger partial charge is 0.380 e. The highest BCUT2D eigenvalue weighted by Crippen LogP contribution is 2.44. The van der Waals surface area contributed by atoms with Gasteiger partial charge in [-0.3, -0.25) is 0 Å². The number of ether oxygens (including phenoxy) is 1. The van der Waals surface area contributed by atoms with Crippen LogP contribution < -0.4 is 0 Å². The van der Waals surface area contributed by atoms with Gasteiger partial charge in [0.2, 0.25) is 0 Å². The molecular weight excluding hydrogens is 172 g/mol. The minimum Gasteiger partial charge on any atom is -0.380 e. The molecule has 3 atom stereocenters. The Labute approximate surface area is 86.8 Å². The number of methoxy groups -OCH3 is 1. The first-order chi connectivity index (χ1) is 6.81. The molecule has 1 fully saturated rings. The van der Waals surface area contributed by atoms with Gasteiger partial charge in [0.05, 0.1) is 6.61 Å². The summed E-state index contributed by atoms with van der Waals surface area (Å²) in [6.45, 7) is 4.88. The molecule has 14 heavy (non-hydrogen) atoms. The lowest BCUT2D eigenvalue weighted by Crippen LogP contribution is -2.07. The Balaban J connectivity index is 1.93. The van der Waals surface area contributed by atoms with Crippen molar-refractivity contribution >= 4 is 0 Å². The zero-order chi connectivity index (χ0) is 9.97.